The molecule has 0 saturated carbocycles. The number of carbonyl (C=O) groups excluding carboxylic acids is 1. The van der Waals surface area contributed by atoms with Crippen LogP contribution in [0.25, 0.3) is 0 Å². The van der Waals surface area contributed by atoms with Gasteiger partial charge >= 0.3 is 0 Å². The largest absolute Gasteiger partial charge is 0.494 e. The smallest absolute Gasteiger partial charge is 0.269 e. The van der Waals surface area contributed by atoms with Gasteiger partial charge in [-0.05, 0) is 68.2 Å². The molecule has 1 aliphatic heterocycles. The standard InChI is InChI=1S/C22H26N4O4/c1-2-30-21-9-5-17(6-10-21)15-23-24-22(27)19-11-13-25(14-12-19)16-18-3-7-20(8-4-18)26(28)29/h3-10,15,19H,2,11-14,16H2,1H3,(H,24,27)/b23-15-. The van der Waals surface area contributed by atoms with Gasteiger partial charge in [-0.15, -0.1) is 0 Å². The first-order chi connectivity index (χ1) is 14.5. The van der Waals surface area contributed by atoms with Crippen molar-refractivity contribution in [3.05, 3.63) is 69.8 Å². The normalized spacial score (nSPS) is 15.2. The first-order valence-corrected chi connectivity index (χ1v) is 10.1. The molecule has 0 unspecified atom stereocenters. The number of non-ortho nitro benzene ring substituents is 1. The van der Waals surface area contributed by atoms with E-state index in [1.54, 1.807) is 18.3 Å². The third kappa shape index (κ3) is 6.12. The molecule has 0 aromatic heterocycles. The Morgan fingerprint density at radius 1 is 1.20 bits per heavy atom. The molecule has 1 saturated heterocycles. The number of rotatable bonds is 8. The highest BCUT2D eigenvalue weighted by molar-refractivity contribution is 5.83. The van der Waals surface area contributed by atoms with Crippen molar-refractivity contribution in [2.45, 2.75) is 26.3 Å². The fraction of sp³-hybridized carbons (Fsp3) is 0.364. The van der Waals surface area contributed by atoms with E-state index >= 15 is 0 Å². The number of hydrogen-bond donors (Lipinski definition) is 1. The second-order valence-corrected chi connectivity index (χ2v) is 7.21. The first-order valence-electron chi connectivity index (χ1n) is 10.1. The molecule has 1 N–H and O–H groups in total. The minimum Gasteiger partial charge on any atom is -0.494 e. The van der Waals surface area contributed by atoms with Crippen molar-refractivity contribution >= 4 is 17.8 Å². The van der Waals surface area contributed by atoms with Crippen LogP contribution >= 0.6 is 0 Å². The number of amides is 1. The number of hydrazone groups is 1. The van der Waals surface area contributed by atoms with Gasteiger partial charge in [0.1, 0.15) is 5.75 Å². The van der Waals surface area contributed by atoms with Crippen molar-refractivity contribution in [3.63, 3.8) is 0 Å². The van der Waals surface area contributed by atoms with Crippen LogP contribution < -0.4 is 10.2 Å². The summed E-state index contributed by atoms with van der Waals surface area (Å²) in [6, 6.07) is 14.1. The quantitative estimate of drug-likeness (QED) is 0.409. The summed E-state index contributed by atoms with van der Waals surface area (Å²) in [5, 5.41) is 14.8. The molecule has 8 nitrogen and oxygen atoms in total. The summed E-state index contributed by atoms with van der Waals surface area (Å²) < 4.78 is 5.40. The molecule has 0 aliphatic carbocycles. The SMILES string of the molecule is CCOc1ccc(/C=N\NC(=O)C2CCN(Cc3ccc([N+](=O)[O-])cc3)CC2)cc1. The van der Waals surface area contributed by atoms with Crippen molar-refractivity contribution in [1.82, 2.24) is 10.3 Å². The number of benzene rings is 2. The fourth-order valence-corrected chi connectivity index (χ4v) is 3.41. The molecule has 1 heterocycles. The van der Waals surface area contributed by atoms with Gasteiger partial charge in [0, 0.05) is 24.6 Å². The number of hydrogen-bond acceptors (Lipinski definition) is 6. The number of carbonyl (C=O) groups is 1. The van der Waals surface area contributed by atoms with E-state index in [4.69, 9.17) is 4.74 Å². The third-order valence-electron chi connectivity index (χ3n) is 5.09. The lowest BCUT2D eigenvalue weighted by atomic mass is 9.96. The van der Waals surface area contributed by atoms with Crippen LogP contribution in [0.1, 0.15) is 30.9 Å². The van der Waals surface area contributed by atoms with Crippen molar-refractivity contribution in [2.75, 3.05) is 19.7 Å². The second-order valence-electron chi connectivity index (χ2n) is 7.21. The molecule has 8 heteroatoms. The van der Waals surface area contributed by atoms with E-state index in [1.165, 1.54) is 12.1 Å². The van der Waals surface area contributed by atoms with Gasteiger partial charge in [0.05, 0.1) is 17.7 Å². The maximum absolute atomic E-state index is 12.4. The Labute approximate surface area is 175 Å². The predicted octanol–water partition coefficient (Wildman–Crippen LogP) is 3.36. The van der Waals surface area contributed by atoms with E-state index in [0.717, 1.165) is 49.4 Å². The summed E-state index contributed by atoms with van der Waals surface area (Å²) in [7, 11) is 0. The van der Waals surface area contributed by atoms with E-state index in [9.17, 15) is 14.9 Å². The van der Waals surface area contributed by atoms with Crippen molar-refractivity contribution in [2.24, 2.45) is 11.0 Å². The zero-order chi connectivity index (χ0) is 21.3. The molecule has 0 spiro atoms. The Kier molecular flexibility index (Phi) is 7.51. The third-order valence-corrected chi connectivity index (χ3v) is 5.09. The van der Waals surface area contributed by atoms with Crippen LogP contribution in [0.5, 0.6) is 5.75 Å². The number of ether oxygens (including phenoxy) is 1. The molecule has 0 atom stereocenters. The van der Waals surface area contributed by atoms with E-state index in [0.29, 0.717) is 6.61 Å². The van der Waals surface area contributed by atoms with Crippen LogP contribution in [-0.2, 0) is 11.3 Å². The first kappa shape index (κ1) is 21.4. The number of likely N-dealkylation sites (tertiary alicyclic amines) is 1. The summed E-state index contributed by atoms with van der Waals surface area (Å²) >= 11 is 0. The summed E-state index contributed by atoms with van der Waals surface area (Å²) in [5.74, 6) is 0.682. The van der Waals surface area contributed by atoms with Gasteiger partial charge in [0.15, 0.2) is 0 Å². The van der Waals surface area contributed by atoms with Crippen LogP contribution in [-0.4, -0.2) is 41.6 Å². The minimum atomic E-state index is -0.397. The summed E-state index contributed by atoms with van der Waals surface area (Å²) in [6.07, 6.45) is 3.14. The average molecular weight is 410 g/mol. The molecule has 0 radical (unpaired) electrons. The summed E-state index contributed by atoms with van der Waals surface area (Å²) in [6.45, 7) is 4.89. The monoisotopic (exact) mass is 410 g/mol. The molecular formula is C22H26N4O4. The van der Waals surface area contributed by atoms with Gasteiger partial charge in [0.25, 0.3) is 5.69 Å². The lowest BCUT2D eigenvalue weighted by molar-refractivity contribution is -0.384. The van der Waals surface area contributed by atoms with Gasteiger partial charge in [-0.25, -0.2) is 5.43 Å². The van der Waals surface area contributed by atoms with Crippen LogP contribution in [0, 0.1) is 16.0 Å². The molecule has 2 aromatic rings. The molecule has 1 aliphatic rings. The van der Waals surface area contributed by atoms with Crippen LogP contribution in [0.4, 0.5) is 5.69 Å². The lowest BCUT2D eigenvalue weighted by Crippen LogP contribution is -2.39. The predicted molar refractivity (Wildman–Crippen MR) is 114 cm³/mol. The molecule has 2 aromatic carbocycles. The zero-order valence-electron chi connectivity index (χ0n) is 17.0. The molecule has 30 heavy (non-hydrogen) atoms. The van der Waals surface area contributed by atoms with Crippen LogP contribution in [0.2, 0.25) is 0 Å². The van der Waals surface area contributed by atoms with Crippen molar-refractivity contribution in [1.29, 1.82) is 0 Å². The molecule has 3 rings (SSSR count). The number of nitrogens with one attached hydrogen (secondary N) is 1. The Morgan fingerprint density at radius 2 is 1.87 bits per heavy atom. The maximum atomic E-state index is 12.4. The van der Waals surface area contributed by atoms with Gasteiger partial charge in [0.2, 0.25) is 5.91 Å². The van der Waals surface area contributed by atoms with Crippen LogP contribution in [0.3, 0.4) is 0 Å². The zero-order valence-corrected chi connectivity index (χ0v) is 17.0. The Balaban J connectivity index is 1.41. The van der Waals surface area contributed by atoms with Crippen molar-refractivity contribution < 1.29 is 14.5 Å². The molecule has 0 bridgehead atoms. The van der Waals surface area contributed by atoms with E-state index in [1.807, 2.05) is 31.2 Å². The highest BCUT2D eigenvalue weighted by atomic mass is 16.6. The lowest BCUT2D eigenvalue weighted by Gasteiger charge is -2.30. The highest BCUT2D eigenvalue weighted by Crippen LogP contribution is 2.20. The maximum Gasteiger partial charge on any atom is 0.269 e. The Hall–Kier alpha value is -3.26. The number of nitro benzene ring substituents is 1. The highest BCUT2D eigenvalue weighted by Gasteiger charge is 2.24. The van der Waals surface area contributed by atoms with Crippen molar-refractivity contribution in [3.8, 4) is 5.75 Å². The molecule has 158 valence electrons. The van der Waals surface area contributed by atoms with Gasteiger partial charge in [-0.3, -0.25) is 19.8 Å². The molecular weight excluding hydrogens is 384 g/mol. The van der Waals surface area contributed by atoms with Crippen LogP contribution in [0.15, 0.2) is 53.6 Å². The topological polar surface area (TPSA) is 97.1 Å². The van der Waals surface area contributed by atoms with Gasteiger partial charge in [-0.1, -0.05) is 12.1 Å². The number of nitro groups is 1. The minimum absolute atomic E-state index is 0.0596. The average Bonchev–Trinajstić information content (AvgIpc) is 2.76. The molecule has 1 fully saturated rings. The Bertz CT molecular complexity index is 873. The van der Waals surface area contributed by atoms with Gasteiger partial charge < -0.3 is 4.74 Å². The second kappa shape index (κ2) is 10.5. The summed E-state index contributed by atoms with van der Waals surface area (Å²) in [4.78, 5) is 25.0. The van der Waals surface area contributed by atoms with Gasteiger partial charge in [-0.2, -0.15) is 5.10 Å². The van der Waals surface area contributed by atoms with E-state index in [2.05, 4.69) is 15.4 Å². The Morgan fingerprint density at radius 3 is 2.47 bits per heavy atom. The number of nitrogens with zero attached hydrogens (tertiary/aromatic N) is 3. The summed E-state index contributed by atoms with van der Waals surface area (Å²) in [5.41, 5.74) is 4.65. The fourth-order valence-electron chi connectivity index (χ4n) is 3.41. The van der Waals surface area contributed by atoms with E-state index < -0.39 is 4.92 Å². The van der Waals surface area contributed by atoms with E-state index in [-0.39, 0.29) is 17.5 Å². The number of piperidine rings is 1. The molecule has 1 amide bonds.